The van der Waals surface area contributed by atoms with Crippen LogP contribution in [0, 0.1) is 0 Å². The van der Waals surface area contributed by atoms with Gasteiger partial charge in [0.2, 0.25) is 0 Å². The molecular formula is C63H125NO8P+. The summed E-state index contributed by atoms with van der Waals surface area (Å²) in [6.45, 7) is 4.40. The smallest absolute Gasteiger partial charge is 0.462 e. The molecule has 434 valence electrons. The average Bonchev–Trinajstić information content (AvgIpc) is 3.35. The molecule has 0 amide bonds. The SMILES string of the molecule is CCC/C=C\CCCCCCCC(=O)OC(COC(=O)CCCCCCCCCCCCCCCCCCCCCCCCCCCCCCCCCCCCCCCCC)COP(=O)(O)OCC[N+](C)(C)C. The Morgan fingerprint density at radius 3 is 1.07 bits per heavy atom. The lowest BCUT2D eigenvalue weighted by Crippen LogP contribution is -2.37. The van der Waals surface area contributed by atoms with Crippen molar-refractivity contribution in [2.45, 2.75) is 335 Å². The maximum Gasteiger partial charge on any atom is 0.472 e. The zero-order valence-corrected chi connectivity index (χ0v) is 50.3. The van der Waals surface area contributed by atoms with E-state index >= 15 is 0 Å². The van der Waals surface area contributed by atoms with E-state index in [1.54, 1.807) is 0 Å². The quantitative estimate of drug-likeness (QED) is 0.0211. The molecule has 0 aliphatic carbocycles. The van der Waals surface area contributed by atoms with E-state index in [9.17, 15) is 19.0 Å². The van der Waals surface area contributed by atoms with Crippen molar-refractivity contribution in [3.8, 4) is 0 Å². The predicted octanol–water partition coefficient (Wildman–Crippen LogP) is 20.0. The normalized spacial score (nSPS) is 13.2. The molecule has 0 fully saturated rings. The van der Waals surface area contributed by atoms with E-state index < -0.39 is 26.5 Å². The number of phosphoric acid groups is 1. The number of esters is 2. The lowest BCUT2D eigenvalue weighted by Gasteiger charge is -2.24. The first kappa shape index (κ1) is 71.8. The molecule has 0 radical (unpaired) electrons. The Bertz CT molecular complexity index is 1240. The third kappa shape index (κ3) is 59.8. The van der Waals surface area contributed by atoms with Gasteiger partial charge in [-0.1, -0.05) is 296 Å². The molecule has 2 atom stereocenters. The first-order chi connectivity index (χ1) is 35.5. The number of quaternary nitrogens is 1. The maximum absolute atomic E-state index is 12.7. The lowest BCUT2D eigenvalue weighted by molar-refractivity contribution is -0.870. The number of phosphoric ester groups is 1. The molecule has 0 saturated carbocycles. The molecule has 0 bridgehead atoms. The number of carbonyl (C=O) groups excluding carboxylic acids is 2. The van der Waals surface area contributed by atoms with Crippen LogP contribution in [0.1, 0.15) is 328 Å². The molecular weight excluding hydrogens is 930 g/mol. The molecule has 2 unspecified atom stereocenters. The predicted molar refractivity (Wildman–Crippen MR) is 312 cm³/mol. The number of unbranched alkanes of at least 4 members (excludes halogenated alkanes) is 44. The summed E-state index contributed by atoms with van der Waals surface area (Å²) in [5.74, 6) is -0.795. The fourth-order valence-corrected chi connectivity index (χ4v) is 10.4. The van der Waals surface area contributed by atoms with E-state index in [-0.39, 0.29) is 25.6 Å². The third-order valence-electron chi connectivity index (χ3n) is 14.5. The third-order valence-corrected chi connectivity index (χ3v) is 15.5. The highest BCUT2D eigenvalue weighted by Crippen LogP contribution is 2.43. The second kappa shape index (κ2) is 55.5. The summed E-state index contributed by atoms with van der Waals surface area (Å²) in [4.78, 5) is 35.5. The molecule has 0 aromatic heterocycles. The molecule has 0 rings (SSSR count). The van der Waals surface area contributed by atoms with E-state index in [2.05, 4.69) is 26.0 Å². The van der Waals surface area contributed by atoms with Crippen LogP contribution in [0.5, 0.6) is 0 Å². The fourth-order valence-electron chi connectivity index (χ4n) is 9.61. The summed E-state index contributed by atoms with van der Waals surface area (Å²) in [5.41, 5.74) is 0. The van der Waals surface area contributed by atoms with E-state index in [0.717, 1.165) is 57.8 Å². The number of rotatable bonds is 60. The molecule has 0 heterocycles. The Balaban J connectivity index is 3.75. The summed E-state index contributed by atoms with van der Waals surface area (Å²) in [7, 11) is 1.49. The summed E-state index contributed by atoms with van der Waals surface area (Å²) < 4.78 is 34.4. The minimum Gasteiger partial charge on any atom is -0.462 e. The van der Waals surface area contributed by atoms with E-state index in [1.807, 2.05) is 21.1 Å². The number of nitrogens with zero attached hydrogens (tertiary/aromatic N) is 1. The Morgan fingerprint density at radius 1 is 0.411 bits per heavy atom. The van der Waals surface area contributed by atoms with Gasteiger partial charge in [-0.2, -0.15) is 0 Å². The average molecular weight is 1060 g/mol. The van der Waals surface area contributed by atoms with Crippen LogP contribution >= 0.6 is 7.82 Å². The van der Waals surface area contributed by atoms with Crippen LogP contribution in [0.25, 0.3) is 0 Å². The van der Waals surface area contributed by atoms with E-state index in [4.69, 9.17) is 18.5 Å². The van der Waals surface area contributed by atoms with Gasteiger partial charge in [0.1, 0.15) is 19.8 Å². The van der Waals surface area contributed by atoms with Gasteiger partial charge >= 0.3 is 19.8 Å². The van der Waals surface area contributed by atoms with E-state index in [0.29, 0.717) is 23.9 Å². The monoisotopic (exact) mass is 1050 g/mol. The molecule has 0 aliphatic heterocycles. The zero-order valence-electron chi connectivity index (χ0n) is 49.4. The summed E-state index contributed by atoms with van der Waals surface area (Å²) in [5, 5.41) is 0. The number of ether oxygens (including phenoxy) is 2. The van der Waals surface area contributed by atoms with Crippen molar-refractivity contribution in [3.63, 3.8) is 0 Å². The van der Waals surface area contributed by atoms with Gasteiger partial charge < -0.3 is 18.9 Å². The van der Waals surface area contributed by atoms with Crippen LogP contribution in [-0.4, -0.2) is 74.9 Å². The second-order valence-corrected chi connectivity index (χ2v) is 24.6. The van der Waals surface area contributed by atoms with Gasteiger partial charge in [0.05, 0.1) is 27.7 Å². The number of likely N-dealkylation sites (N-methyl/N-ethyl adjacent to an activating group) is 1. The van der Waals surface area contributed by atoms with Gasteiger partial charge in [0.15, 0.2) is 6.10 Å². The van der Waals surface area contributed by atoms with Crippen molar-refractivity contribution in [2.75, 3.05) is 47.5 Å². The zero-order chi connectivity index (χ0) is 53.5. The van der Waals surface area contributed by atoms with Gasteiger partial charge in [0, 0.05) is 12.8 Å². The van der Waals surface area contributed by atoms with Crippen molar-refractivity contribution >= 4 is 19.8 Å². The molecule has 0 spiro atoms. The number of hydrogen-bond acceptors (Lipinski definition) is 7. The number of hydrogen-bond donors (Lipinski definition) is 1. The van der Waals surface area contributed by atoms with Gasteiger partial charge in [-0.3, -0.25) is 18.6 Å². The molecule has 10 heteroatoms. The first-order valence-electron chi connectivity index (χ1n) is 31.9. The molecule has 0 aromatic rings. The largest absolute Gasteiger partial charge is 0.472 e. The van der Waals surface area contributed by atoms with Crippen LogP contribution in [0.3, 0.4) is 0 Å². The van der Waals surface area contributed by atoms with Crippen molar-refractivity contribution in [2.24, 2.45) is 0 Å². The summed E-state index contributed by atoms with van der Waals surface area (Å²) in [6, 6.07) is 0. The van der Waals surface area contributed by atoms with Crippen molar-refractivity contribution in [3.05, 3.63) is 12.2 Å². The molecule has 0 aliphatic rings. The minimum atomic E-state index is -4.38. The Labute approximate surface area is 454 Å². The van der Waals surface area contributed by atoms with Crippen LogP contribution in [0.15, 0.2) is 12.2 Å². The van der Waals surface area contributed by atoms with Crippen molar-refractivity contribution < 1.29 is 42.1 Å². The molecule has 1 N–H and O–H groups in total. The van der Waals surface area contributed by atoms with E-state index in [1.165, 1.54) is 238 Å². The standard InChI is InChI=1S/C63H124NO8P/c1-6-8-10-12-14-16-18-19-20-21-22-23-24-25-26-27-28-29-30-31-32-33-34-35-36-37-38-39-40-41-42-43-44-45-46-48-49-51-53-55-62(65)69-59-61(60-71-73(67,68)70-58-57-64(3,4)5)72-63(66)56-54-52-50-47-17-15-13-11-9-7-2/h11,13,61H,6-10,12,14-60H2,1-5H3/p+1/b13-11-. The van der Waals surface area contributed by atoms with Crippen molar-refractivity contribution in [1.82, 2.24) is 0 Å². The Kier molecular flexibility index (Phi) is 54.6. The lowest BCUT2D eigenvalue weighted by atomic mass is 10.0. The molecule has 9 nitrogen and oxygen atoms in total. The number of carbonyl (C=O) groups is 2. The van der Waals surface area contributed by atoms with Gasteiger partial charge in [0.25, 0.3) is 0 Å². The van der Waals surface area contributed by atoms with Crippen LogP contribution < -0.4 is 0 Å². The highest BCUT2D eigenvalue weighted by molar-refractivity contribution is 7.47. The van der Waals surface area contributed by atoms with Gasteiger partial charge in [-0.25, -0.2) is 4.57 Å². The van der Waals surface area contributed by atoms with Crippen LogP contribution in [0.4, 0.5) is 0 Å². The summed E-state index contributed by atoms with van der Waals surface area (Å²) in [6.07, 6.45) is 66.5. The topological polar surface area (TPSA) is 108 Å². The highest BCUT2D eigenvalue weighted by Gasteiger charge is 2.27. The Hall–Kier alpha value is -1.25. The first-order valence-corrected chi connectivity index (χ1v) is 33.4. The maximum atomic E-state index is 12.7. The second-order valence-electron chi connectivity index (χ2n) is 23.2. The minimum absolute atomic E-state index is 0.0333. The summed E-state index contributed by atoms with van der Waals surface area (Å²) >= 11 is 0. The van der Waals surface area contributed by atoms with Crippen LogP contribution in [0.2, 0.25) is 0 Å². The number of allylic oxidation sites excluding steroid dienone is 2. The molecule has 0 aromatic carbocycles. The molecule has 73 heavy (non-hydrogen) atoms. The Morgan fingerprint density at radius 2 is 0.726 bits per heavy atom. The molecule has 0 saturated heterocycles. The fraction of sp³-hybridized carbons (Fsp3) is 0.937. The highest BCUT2D eigenvalue weighted by atomic mass is 31.2. The van der Waals surface area contributed by atoms with Crippen LogP contribution in [-0.2, 0) is 32.7 Å². The van der Waals surface area contributed by atoms with Crippen molar-refractivity contribution in [1.29, 1.82) is 0 Å². The van der Waals surface area contributed by atoms with Gasteiger partial charge in [-0.15, -0.1) is 0 Å². The van der Waals surface area contributed by atoms with Gasteiger partial charge in [-0.05, 0) is 32.1 Å².